The van der Waals surface area contributed by atoms with Crippen LogP contribution in [0.25, 0.3) is 0 Å². The normalized spacial score (nSPS) is 28.9. The van der Waals surface area contributed by atoms with Gasteiger partial charge in [0.1, 0.15) is 0 Å². The van der Waals surface area contributed by atoms with Crippen molar-refractivity contribution in [2.24, 2.45) is 17.8 Å². The third-order valence-electron chi connectivity index (χ3n) is 2.05. The fourth-order valence-corrected chi connectivity index (χ4v) is 1.27. The van der Waals surface area contributed by atoms with Crippen LogP contribution in [0.4, 0.5) is 0 Å². The van der Waals surface area contributed by atoms with Crippen LogP contribution in [0, 0.1) is 17.8 Å². The number of allylic oxidation sites excluding steroid dienone is 1. The molecular formula is C9H18O. The van der Waals surface area contributed by atoms with Gasteiger partial charge in [-0.25, -0.2) is 0 Å². The maximum Gasteiger partial charge on any atom is 0.0319 e. The topological polar surface area (TPSA) is 20.2 Å². The van der Waals surface area contributed by atoms with Crippen LogP contribution in [-0.2, 0) is 0 Å². The fraction of sp³-hybridized carbons (Fsp3) is 0.778. The molecule has 0 aliphatic heterocycles. The zero-order valence-corrected chi connectivity index (χ0v) is 7.17. The van der Waals surface area contributed by atoms with E-state index in [1.54, 1.807) is 0 Å². The first-order valence-electron chi connectivity index (χ1n) is 3.83. The Morgan fingerprint density at radius 1 is 1.50 bits per heavy atom. The van der Waals surface area contributed by atoms with E-state index in [2.05, 4.69) is 26.5 Å². The Balaban J connectivity index is 0.000000371. The minimum absolute atomic E-state index is 0.856. The maximum absolute atomic E-state index is 7.00. The standard InChI is InChI=1S/C8H14.CH4O/c1-4-7-5-8(7)6(2)3;1-2/h4,6-8H,1,5H2,2-3H3;2H,1H3. The Morgan fingerprint density at radius 3 is 2.10 bits per heavy atom. The molecule has 0 amide bonds. The highest BCUT2D eigenvalue weighted by atomic mass is 16.2. The summed E-state index contributed by atoms with van der Waals surface area (Å²) in [7, 11) is 1.00. The highest BCUT2D eigenvalue weighted by Gasteiger charge is 2.36. The van der Waals surface area contributed by atoms with Gasteiger partial charge in [-0.15, -0.1) is 6.58 Å². The highest BCUT2D eigenvalue weighted by Crippen LogP contribution is 2.44. The summed E-state index contributed by atoms with van der Waals surface area (Å²) in [5.74, 6) is 2.69. The summed E-state index contributed by atoms with van der Waals surface area (Å²) in [5.41, 5.74) is 0. The smallest absolute Gasteiger partial charge is 0.0319 e. The number of aliphatic hydroxyl groups excluding tert-OH is 1. The fourth-order valence-electron chi connectivity index (χ4n) is 1.27. The van der Waals surface area contributed by atoms with Gasteiger partial charge in [0, 0.05) is 7.11 Å². The van der Waals surface area contributed by atoms with Crippen LogP contribution in [-0.4, -0.2) is 12.2 Å². The molecule has 1 fully saturated rings. The predicted octanol–water partition coefficient (Wildman–Crippen LogP) is 2.07. The number of aliphatic hydroxyl groups is 1. The van der Waals surface area contributed by atoms with E-state index in [0.717, 1.165) is 24.9 Å². The van der Waals surface area contributed by atoms with Crippen LogP contribution in [0.2, 0.25) is 0 Å². The summed E-state index contributed by atoms with van der Waals surface area (Å²) in [4.78, 5) is 0. The van der Waals surface area contributed by atoms with Gasteiger partial charge in [-0.1, -0.05) is 19.9 Å². The monoisotopic (exact) mass is 142 g/mol. The van der Waals surface area contributed by atoms with Crippen LogP contribution in [0.1, 0.15) is 20.3 Å². The molecule has 1 aliphatic carbocycles. The van der Waals surface area contributed by atoms with Gasteiger partial charge >= 0.3 is 0 Å². The molecule has 1 aliphatic rings. The summed E-state index contributed by atoms with van der Waals surface area (Å²) < 4.78 is 0. The second-order valence-electron chi connectivity index (χ2n) is 3.04. The number of rotatable bonds is 2. The van der Waals surface area contributed by atoms with Gasteiger partial charge in [0.15, 0.2) is 0 Å². The van der Waals surface area contributed by atoms with E-state index in [-0.39, 0.29) is 0 Å². The molecule has 0 spiro atoms. The third-order valence-corrected chi connectivity index (χ3v) is 2.05. The van der Waals surface area contributed by atoms with Crippen LogP contribution in [0.3, 0.4) is 0 Å². The van der Waals surface area contributed by atoms with Crippen LogP contribution < -0.4 is 0 Å². The molecule has 0 aromatic heterocycles. The Hall–Kier alpha value is -0.300. The Kier molecular flexibility index (Phi) is 4.37. The van der Waals surface area contributed by atoms with Gasteiger partial charge in [-0.2, -0.15) is 0 Å². The Labute approximate surface area is 63.8 Å². The minimum atomic E-state index is 0.856. The Bertz CT molecular complexity index is 96.9. The number of hydrogen-bond acceptors (Lipinski definition) is 1. The second-order valence-corrected chi connectivity index (χ2v) is 3.04. The summed E-state index contributed by atoms with van der Waals surface area (Å²) >= 11 is 0. The lowest BCUT2D eigenvalue weighted by Crippen LogP contribution is -1.89. The molecule has 0 saturated heterocycles. The van der Waals surface area contributed by atoms with Crippen molar-refractivity contribution in [3.8, 4) is 0 Å². The molecule has 0 heterocycles. The Morgan fingerprint density at radius 2 is 2.00 bits per heavy atom. The lowest BCUT2D eigenvalue weighted by molar-refractivity contribution is 0.399. The largest absolute Gasteiger partial charge is 0.400 e. The van der Waals surface area contributed by atoms with Gasteiger partial charge in [-0.05, 0) is 24.2 Å². The van der Waals surface area contributed by atoms with Gasteiger partial charge in [0.05, 0.1) is 0 Å². The minimum Gasteiger partial charge on any atom is -0.400 e. The molecule has 10 heavy (non-hydrogen) atoms. The quantitative estimate of drug-likeness (QED) is 0.585. The molecule has 1 rings (SSSR count). The van der Waals surface area contributed by atoms with Gasteiger partial charge < -0.3 is 5.11 Å². The molecule has 1 N–H and O–H groups in total. The van der Waals surface area contributed by atoms with Crippen LogP contribution >= 0.6 is 0 Å². The molecule has 2 unspecified atom stereocenters. The summed E-state index contributed by atoms with van der Waals surface area (Å²) in [6.45, 7) is 8.33. The molecule has 60 valence electrons. The van der Waals surface area contributed by atoms with E-state index in [1.807, 2.05) is 0 Å². The summed E-state index contributed by atoms with van der Waals surface area (Å²) in [5, 5.41) is 7.00. The van der Waals surface area contributed by atoms with E-state index in [9.17, 15) is 0 Å². The van der Waals surface area contributed by atoms with Crippen molar-refractivity contribution in [1.29, 1.82) is 0 Å². The summed E-state index contributed by atoms with van der Waals surface area (Å²) in [6.07, 6.45) is 3.48. The first-order chi connectivity index (χ1) is 4.75. The average Bonchev–Trinajstić information content (AvgIpc) is 2.70. The highest BCUT2D eigenvalue weighted by molar-refractivity contribution is 4.98. The van der Waals surface area contributed by atoms with E-state index in [4.69, 9.17) is 5.11 Å². The lowest BCUT2D eigenvalue weighted by Gasteiger charge is -1.97. The number of hydrogen-bond donors (Lipinski definition) is 1. The molecule has 1 nitrogen and oxygen atoms in total. The molecule has 1 heteroatoms. The van der Waals surface area contributed by atoms with Crippen molar-refractivity contribution in [1.82, 2.24) is 0 Å². The van der Waals surface area contributed by atoms with Crippen molar-refractivity contribution in [3.63, 3.8) is 0 Å². The van der Waals surface area contributed by atoms with Crippen molar-refractivity contribution in [2.45, 2.75) is 20.3 Å². The van der Waals surface area contributed by atoms with Crippen LogP contribution in [0.15, 0.2) is 12.7 Å². The average molecular weight is 142 g/mol. The van der Waals surface area contributed by atoms with Crippen molar-refractivity contribution in [3.05, 3.63) is 12.7 Å². The van der Waals surface area contributed by atoms with Crippen molar-refractivity contribution < 1.29 is 5.11 Å². The van der Waals surface area contributed by atoms with Gasteiger partial charge in [-0.3, -0.25) is 0 Å². The van der Waals surface area contributed by atoms with Gasteiger partial charge in [0.25, 0.3) is 0 Å². The van der Waals surface area contributed by atoms with E-state index in [0.29, 0.717) is 0 Å². The molecule has 0 bridgehead atoms. The maximum atomic E-state index is 7.00. The molecule has 0 aromatic rings. The molecule has 0 radical (unpaired) electrons. The molecule has 1 saturated carbocycles. The van der Waals surface area contributed by atoms with E-state index in [1.165, 1.54) is 6.42 Å². The lowest BCUT2D eigenvalue weighted by atomic mass is 10.1. The van der Waals surface area contributed by atoms with Crippen LogP contribution in [0.5, 0.6) is 0 Å². The molecule has 2 atom stereocenters. The third kappa shape index (κ3) is 2.53. The van der Waals surface area contributed by atoms with E-state index >= 15 is 0 Å². The van der Waals surface area contributed by atoms with E-state index < -0.39 is 0 Å². The SMILES string of the molecule is C=CC1CC1C(C)C.CO. The molecule has 0 aromatic carbocycles. The van der Waals surface area contributed by atoms with Crippen molar-refractivity contribution in [2.75, 3.05) is 7.11 Å². The zero-order valence-electron chi connectivity index (χ0n) is 7.17. The van der Waals surface area contributed by atoms with Gasteiger partial charge in [0.2, 0.25) is 0 Å². The summed E-state index contributed by atoms with van der Waals surface area (Å²) in [6, 6.07) is 0. The second kappa shape index (κ2) is 4.51. The molecular weight excluding hydrogens is 124 g/mol. The first kappa shape index (κ1) is 9.70. The first-order valence-corrected chi connectivity index (χ1v) is 3.83. The predicted molar refractivity (Wildman–Crippen MR) is 44.8 cm³/mol. The zero-order chi connectivity index (χ0) is 8.15. The van der Waals surface area contributed by atoms with Crippen molar-refractivity contribution >= 4 is 0 Å².